The molecule has 1 aliphatic carbocycles. The summed E-state index contributed by atoms with van der Waals surface area (Å²) in [5.41, 5.74) is 0. The van der Waals surface area contributed by atoms with Crippen molar-refractivity contribution in [3.05, 3.63) is 0 Å². The van der Waals surface area contributed by atoms with Crippen LogP contribution in [0.1, 0.15) is 25.7 Å². The average Bonchev–Trinajstić information content (AvgIpc) is 3.17. The molecule has 0 aromatic rings. The van der Waals surface area contributed by atoms with Crippen LogP contribution in [0.25, 0.3) is 0 Å². The molecule has 0 aromatic heterocycles. The monoisotopic (exact) mass is 298 g/mol. The van der Waals surface area contributed by atoms with Crippen LogP contribution in [0, 0.1) is 0 Å². The average molecular weight is 298 g/mol. The van der Waals surface area contributed by atoms with Crippen molar-refractivity contribution >= 4 is 11.9 Å². The summed E-state index contributed by atoms with van der Waals surface area (Å²) in [6, 6.07) is 0.537. The van der Waals surface area contributed by atoms with Crippen molar-refractivity contribution in [2.75, 3.05) is 39.9 Å². The van der Waals surface area contributed by atoms with Gasteiger partial charge in [0.05, 0.1) is 13.2 Å². The zero-order valence-electron chi connectivity index (χ0n) is 12.7. The lowest BCUT2D eigenvalue weighted by molar-refractivity contribution is -0.121. The summed E-state index contributed by atoms with van der Waals surface area (Å²) in [6.07, 6.45) is 4.68. The third-order valence-corrected chi connectivity index (χ3v) is 3.87. The van der Waals surface area contributed by atoms with Crippen molar-refractivity contribution in [2.45, 2.75) is 37.8 Å². The Morgan fingerprint density at radius 3 is 2.76 bits per heavy atom. The van der Waals surface area contributed by atoms with Crippen molar-refractivity contribution in [1.29, 1.82) is 0 Å². The van der Waals surface area contributed by atoms with Crippen LogP contribution in [0.4, 0.5) is 4.79 Å². The summed E-state index contributed by atoms with van der Waals surface area (Å²) in [5, 5.41) is 8.40. The van der Waals surface area contributed by atoms with Crippen molar-refractivity contribution in [3.8, 4) is 0 Å². The quantitative estimate of drug-likeness (QED) is 0.535. The number of ether oxygens (including phenoxy) is 1. The lowest BCUT2D eigenvalue weighted by Crippen LogP contribution is -2.48. The second kappa shape index (κ2) is 8.31. The van der Waals surface area contributed by atoms with E-state index < -0.39 is 6.03 Å². The van der Waals surface area contributed by atoms with E-state index in [1.807, 2.05) is 0 Å². The van der Waals surface area contributed by atoms with Gasteiger partial charge in [-0.1, -0.05) is 0 Å². The number of hydrogen-bond acceptors (Lipinski definition) is 5. The molecule has 0 bridgehead atoms. The predicted octanol–water partition coefficient (Wildman–Crippen LogP) is -0.325. The van der Waals surface area contributed by atoms with E-state index in [0.717, 1.165) is 25.9 Å². The molecule has 2 fully saturated rings. The normalized spacial score (nSPS) is 21.5. The number of hydrogen-bond donors (Lipinski definition) is 3. The Morgan fingerprint density at radius 1 is 1.33 bits per heavy atom. The van der Waals surface area contributed by atoms with Gasteiger partial charge in [0.25, 0.3) is 0 Å². The van der Waals surface area contributed by atoms with Crippen LogP contribution in [0.5, 0.6) is 0 Å². The fraction of sp³-hybridized carbons (Fsp3) is 0.857. The molecule has 0 spiro atoms. The van der Waals surface area contributed by atoms with E-state index in [9.17, 15) is 9.59 Å². The molecule has 2 rings (SSSR count). The van der Waals surface area contributed by atoms with Gasteiger partial charge in [-0.2, -0.15) is 0 Å². The van der Waals surface area contributed by atoms with Crippen LogP contribution < -0.4 is 16.0 Å². The molecule has 2 aliphatic rings. The highest BCUT2D eigenvalue weighted by Gasteiger charge is 2.32. The first kappa shape index (κ1) is 16.2. The minimum Gasteiger partial charge on any atom is -0.383 e. The molecule has 7 heteroatoms. The van der Waals surface area contributed by atoms with E-state index in [0.29, 0.717) is 31.8 Å². The van der Waals surface area contributed by atoms with E-state index in [-0.39, 0.29) is 5.91 Å². The van der Waals surface area contributed by atoms with Gasteiger partial charge in [-0.15, -0.1) is 0 Å². The molecule has 1 saturated heterocycles. The fourth-order valence-corrected chi connectivity index (χ4v) is 2.64. The van der Waals surface area contributed by atoms with Crippen LogP contribution >= 0.6 is 0 Å². The zero-order valence-corrected chi connectivity index (χ0v) is 12.7. The predicted molar refractivity (Wildman–Crippen MR) is 79.0 cm³/mol. The molecule has 21 heavy (non-hydrogen) atoms. The van der Waals surface area contributed by atoms with Crippen LogP contribution in [-0.4, -0.2) is 68.8 Å². The molecule has 1 saturated carbocycles. The first-order chi connectivity index (χ1) is 10.2. The fourth-order valence-electron chi connectivity index (χ4n) is 2.64. The highest BCUT2D eigenvalue weighted by atomic mass is 16.5. The van der Waals surface area contributed by atoms with Gasteiger partial charge in [-0.05, 0) is 32.2 Å². The van der Waals surface area contributed by atoms with Gasteiger partial charge in [0, 0.05) is 32.3 Å². The molecule has 1 atom stereocenters. The first-order valence-electron chi connectivity index (χ1n) is 7.73. The summed E-state index contributed by atoms with van der Waals surface area (Å²) in [5.74, 6) is -0.241. The van der Waals surface area contributed by atoms with Crippen LogP contribution in [-0.2, 0) is 9.53 Å². The maximum Gasteiger partial charge on any atom is 0.321 e. The molecule has 0 radical (unpaired) electrons. The zero-order chi connectivity index (χ0) is 15.1. The van der Waals surface area contributed by atoms with Gasteiger partial charge in [0.1, 0.15) is 0 Å². The van der Waals surface area contributed by atoms with Crippen LogP contribution in [0.15, 0.2) is 0 Å². The molecule has 120 valence electrons. The Labute approximate surface area is 125 Å². The molecule has 1 unspecified atom stereocenters. The number of methoxy groups -OCH3 is 1. The van der Waals surface area contributed by atoms with Crippen molar-refractivity contribution in [1.82, 2.24) is 20.9 Å². The molecule has 7 nitrogen and oxygen atoms in total. The van der Waals surface area contributed by atoms with Crippen molar-refractivity contribution < 1.29 is 14.3 Å². The minimum absolute atomic E-state index is 0.241. The van der Waals surface area contributed by atoms with E-state index >= 15 is 0 Å². The number of carbonyl (C=O) groups is 2. The second-order valence-electron chi connectivity index (χ2n) is 5.75. The third kappa shape index (κ3) is 5.99. The topological polar surface area (TPSA) is 82.7 Å². The lowest BCUT2D eigenvalue weighted by Gasteiger charge is -2.24. The third-order valence-electron chi connectivity index (χ3n) is 3.87. The highest BCUT2D eigenvalue weighted by Crippen LogP contribution is 2.27. The molecular formula is C14H26N4O3. The smallest absolute Gasteiger partial charge is 0.321 e. The van der Waals surface area contributed by atoms with Gasteiger partial charge >= 0.3 is 6.03 Å². The van der Waals surface area contributed by atoms with Gasteiger partial charge in [0.2, 0.25) is 5.91 Å². The van der Waals surface area contributed by atoms with Crippen molar-refractivity contribution in [2.24, 2.45) is 0 Å². The summed E-state index contributed by atoms with van der Waals surface area (Å²) in [4.78, 5) is 25.6. The minimum atomic E-state index is -0.452. The Kier molecular flexibility index (Phi) is 6.41. The van der Waals surface area contributed by atoms with Crippen LogP contribution in [0.2, 0.25) is 0 Å². The Balaban J connectivity index is 1.69. The Bertz CT molecular complexity index is 354. The molecular weight excluding hydrogens is 272 g/mol. The molecule has 3 amide bonds. The maximum absolute atomic E-state index is 11.9. The summed E-state index contributed by atoms with van der Waals surface area (Å²) < 4.78 is 4.83. The summed E-state index contributed by atoms with van der Waals surface area (Å²) in [7, 11) is 1.56. The number of nitrogens with one attached hydrogen (secondary N) is 3. The summed E-state index contributed by atoms with van der Waals surface area (Å²) in [6.45, 7) is 3.08. The first-order valence-corrected chi connectivity index (χ1v) is 7.73. The lowest BCUT2D eigenvalue weighted by atomic mass is 10.2. The van der Waals surface area contributed by atoms with E-state index in [1.54, 1.807) is 7.11 Å². The number of carbonyl (C=O) groups excluding carboxylic acids is 2. The molecule has 0 aromatic carbocycles. The largest absolute Gasteiger partial charge is 0.383 e. The van der Waals surface area contributed by atoms with Gasteiger partial charge in [-0.3, -0.25) is 15.0 Å². The van der Waals surface area contributed by atoms with E-state index in [2.05, 4.69) is 20.9 Å². The van der Waals surface area contributed by atoms with E-state index in [1.165, 1.54) is 12.8 Å². The number of amides is 3. The molecule has 1 heterocycles. The summed E-state index contributed by atoms with van der Waals surface area (Å²) >= 11 is 0. The Morgan fingerprint density at radius 2 is 2.14 bits per heavy atom. The standard InChI is InChI=1S/C14H26N4O3/c1-21-8-7-16-14(20)17-13(19)10-18(12-4-5-12)9-11-3-2-6-15-11/h11-12,15H,2-10H2,1H3,(H2,16,17,19,20). The van der Waals surface area contributed by atoms with Gasteiger partial charge < -0.3 is 15.4 Å². The highest BCUT2D eigenvalue weighted by molar-refractivity contribution is 5.95. The van der Waals surface area contributed by atoms with Crippen LogP contribution in [0.3, 0.4) is 0 Å². The Hall–Kier alpha value is -1.18. The molecule has 3 N–H and O–H groups in total. The number of nitrogens with zero attached hydrogens (tertiary/aromatic N) is 1. The maximum atomic E-state index is 11.9. The number of imide groups is 1. The second-order valence-corrected chi connectivity index (χ2v) is 5.75. The van der Waals surface area contributed by atoms with Crippen molar-refractivity contribution in [3.63, 3.8) is 0 Å². The number of rotatable bonds is 8. The van der Waals surface area contributed by atoms with E-state index in [4.69, 9.17) is 4.74 Å². The van der Waals surface area contributed by atoms with Gasteiger partial charge in [0.15, 0.2) is 0 Å². The number of urea groups is 1. The molecule has 1 aliphatic heterocycles. The van der Waals surface area contributed by atoms with Gasteiger partial charge in [-0.25, -0.2) is 4.79 Å². The SMILES string of the molecule is COCCNC(=O)NC(=O)CN(CC1CCCN1)C1CC1.